The number of fused-ring (bicyclic) bond motifs is 1. The zero-order valence-corrected chi connectivity index (χ0v) is 20.2. The van der Waals surface area contributed by atoms with Crippen LogP contribution in [0.15, 0.2) is 56.4 Å². The second-order valence-corrected chi connectivity index (χ2v) is 9.77. The first-order chi connectivity index (χ1) is 15.2. The van der Waals surface area contributed by atoms with Gasteiger partial charge in [0.15, 0.2) is 5.16 Å². The molecule has 4 rings (SSSR count). The highest BCUT2D eigenvalue weighted by atomic mass is 32.2. The minimum absolute atomic E-state index is 0.0462. The number of nitrogens with zero attached hydrogens (tertiary/aromatic N) is 4. The van der Waals surface area contributed by atoms with Crippen LogP contribution in [0.25, 0.3) is 21.5 Å². The lowest BCUT2D eigenvalue weighted by atomic mass is 10.2. The second kappa shape index (κ2) is 10.5. The standard InChI is InChI=1S/C23H26N4OS3/c1-3-26(4-2)11-7-12-27-22(28)19-8-5-6-9-20(19)25-23(27)31-16-18-15-30-21(24-18)17-10-13-29-14-17/h5-6,8-10,13-15H,3-4,7,11-12,16H2,1-2H3. The summed E-state index contributed by atoms with van der Waals surface area (Å²) >= 11 is 4.94. The number of thioether (sulfide) groups is 1. The molecule has 0 fully saturated rings. The molecule has 0 saturated carbocycles. The second-order valence-electron chi connectivity index (χ2n) is 7.19. The lowest BCUT2D eigenvalue weighted by molar-refractivity contribution is 0.290. The Morgan fingerprint density at radius 3 is 2.71 bits per heavy atom. The van der Waals surface area contributed by atoms with Crippen molar-refractivity contribution in [2.24, 2.45) is 0 Å². The van der Waals surface area contributed by atoms with Crippen LogP contribution in [0.5, 0.6) is 0 Å². The van der Waals surface area contributed by atoms with Gasteiger partial charge in [-0.05, 0) is 49.6 Å². The summed E-state index contributed by atoms with van der Waals surface area (Å²) in [5, 5.41) is 8.79. The Kier molecular flexibility index (Phi) is 7.55. The van der Waals surface area contributed by atoms with Crippen LogP contribution in [0, 0.1) is 0 Å². The Morgan fingerprint density at radius 2 is 1.94 bits per heavy atom. The lowest BCUT2D eigenvalue weighted by Gasteiger charge is -2.19. The van der Waals surface area contributed by atoms with Crippen LogP contribution in [0.1, 0.15) is 26.0 Å². The van der Waals surface area contributed by atoms with Crippen molar-refractivity contribution in [3.63, 3.8) is 0 Å². The fourth-order valence-electron chi connectivity index (χ4n) is 3.48. The van der Waals surface area contributed by atoms with E-state index in [9.17, 15) is 4.79 Å². The summed E-state index contributed by atoms with van der Waals surface area (Å²) in [4.78, 5) is 25.2. The van der Waals surface area contributed by atoms with Gasteiger partial charge < -0.3 is 4.90 Å². The monoisotopic (exact) mass is 470 g/mol. The van der Waals surface area contributed by atoms with Gasteiger partial charge in [-0.3, -0.25) is 9.36 Å². The van der Waals surface area contributed by atoms with E-state index >= 15 is 0 Å². The molecule has 3 heterocycles. The van der Waals surface area contributed by atoms with Crippen LogP contribution >= 0.6 is 34.4 Å². The Labute approximate surface area is 194 Å². The Morgan fingerprint density at radius 1 is 1.10 bits per heavy atom. The molecule has 0 unspecified atom stereocenters. The van der Waals surface area contributed by atoms with E-state index in [1.54, 1.807) is 34.4 Å². The van der Waals surface area contributed by atoms with Crippen molar-refractivity contribution < 1.29 is 0 Å². The van der Waals surface area contributed by atoms with Gasteiger partial charge in [0, 0.05) is 28.6 Å². The molecule has 5 nitrogen and oxygen atoms in total. The molecule has 0 saturated heterocycles. The molecule has 0 amide bonds. The van der Waals surface area contributed by atoms with Gasteiger partial charge in [-0.2, -0.15) is 11.3 Å². The molecular formula is C23H26N4OS3. The summed E-state index contributed by atoms with van der Waals surface area (Å²) in [5.74, 6) is 0.696. The fourth-order valence-corrected chi connectivity index (χ4v) is 6.03. The molecule has 0 aliphatic heterocycles. The Balaban J connectivity index is 1.55. The molecule has 0 spiro atoms. The van der Waals surface area contributed by atoms with Crippen molar-refractivity contribution in [1.29, 1.82) is 0 Å². The summed E-state index contributed by atoms with van der Waals surface area (Å²) in [6, 6.07) is 9.71. The highest BCUT2D eigenvalue weighted by molar-refractivity contribution is 7.98. The van der Waals surface area contributed by atoms with Crippen molar-refractivity contribution in [2.75, 3.05) is 19.6 Å². The largest absolute Gasteiger partial charge is 0.304 e. The van der Waals surface area contributed by atoms with Gasteiger partial charge in [0.25, 0.3) is 5.56 Å². The van der Waals surface area contributed by atoms with E-state index in [4.69, 9.17) is 9.97 Å². The number of aromatic nitrogens is 3. The molecule has 8 heteroatoms. The Hall–Kier alpha value is -2.00. The van der Waals surface area contributed by atoms with Gasteiger partial charge in [-0.15, -0.1) is 11.3 Å². The summed E-state index contributed by atoms with van der Waals surface area (Å²) in [7, 11) is 0. The zero-order chi connectivity index (χ0) is 21.6. The molecule has 0 N–H and O–H groups in total. The van der Waals surface area contributed by atoms with Crippen LogP contribution in [0.4, 0.5) is 0 Å². The van der Waals surface area contributed by atoms with Crippen molar-refractivity contribution >= 4 is 45.3 Å². The topological polar surface area (TPSA) is 51.0 Å². The highest BCUT2D eigenvalue weighted by Crippen LogP contribution is 2.29. The van der Waals surface area contributed by atoms with E-state index in [2.05, 4.69) is 41.0 Å². The number of benzene rings is 1. The molecule has 4 aromatic rings. The van der Waals surface area contributed by atoms with Gasteiger partial charge >= 0.3 is 0 Å². The highest BCUT2D eigenvalue weighted by Gasteiger charge is 2.13. The van der Waals surface area contributed by atoms with Crippen LogP contribution in [0.3, 0.4) is 0 Å². The van der Waals surface area contributed by atoms with Crippen LogP contribution < -0.4 is 5.56 Å². The molecule has 3 aromatic heterocycles. The molecule has 0 radical (unpaired) electrons. The number of thiophene rings is 1. The first kappa shape index (κ1) is 22.2. The molecule has 0 aliphatic carbocycles. The number of rotatable bonds is 10. The first-order valence-corrected chi connectivity index (χ1v) is 13.3. The zero-order valence-electron chi connectivity index (χ0n) is 17.8. The van der Waals surface area contributed by atoms with E-state index in [1.807, 2.05) is 28.8 Å². The van der Waals surface area contributed by atoms with E-state index < -0.39 is 0 Å². The molecule has 0 bridgehead atoms. The SMILES string of the molecule is CCN(CC)CCCn1c(SCc2csc(-c3ccsc3)n2)nc2ccccc2c1=O. The summed E-state index contributed by atoms with van der Waals surface area (Å²) in [6.07, 6.45) is 0.925. The van der Waals surface area contributed by atoms with E-state index in [1.165, 1.54) is 5.56 Å². The number of thiazole rings is 1. The third-order valence-electron chi connectivity index (χ3n) is 5.25. The van der Waals surface area contributed by atoms with Crippen molar-refractivity contribution in [3.05, 3.63) is 62.5 Å². The average molecular weight is 471 g/mol. The summed E-state index contributed by atoms with van der Waals surface area (Å²) in [5.41, 5.74) is 2.99. The first-order valence-electron chi connectivity index (χ1n) is 10.5. The third-order valence-corrected chi connectivity index (χ3v) is 7.88. The molecule has 162 valence electrons. The predicted molar refractivity (Wildman–Crippen MR) is 133 cm³/mol. The predicted octanol–water partition coefficient (Wildman–Crippen LogP) is 5.61. The Bertz CT molecular complexity index is 1180. The van der Waals surface area contributed by atoms with E-state index in [0.29, 0.717) is 17.7 Å². The van der Waals surface area contributed by atoms with E-state index in [0.717, 1.165) is 47.4 Å². The van der Waals surface area contributed by atoms with Crippen LogP contribution in [-0.4, -0.2) is 39.1 Å². The number of hydrogen-bond donors (Lipinski definition) is 0. The molecule has 0 aliphatic rings. The molecule has 0 atom stereocenters. The van der Waals surface area contributed by atoms with Crippen molar-refractivity contribution in [2.45, 2.75) is 37.7 Å². The maximum absolute atomic E-state index is 13.2. The van der Waals surface area contributed by atoms with Gasteiger partial charge in [-0.25, -0.2) is 9.97 Å². The molecular weight excluding hydrogens is 444 g/mol. The van der Waals surface area contributed by atoms with Gasteiger partial charge in [-0.1, -0.05) is 37.7 Å². The lowest BCUT2D eigenvalue weighted by Crippen LogP contribution is -2.28. The van der Waals surface area contributed by atoms with E-state index in [-0.39, 0.29) is 5.56 Å². The smallest absolute Gasteiger partial charge is 0.262 e. The van der Waals surface area contributed by atoms with Crippen molar-refractivity contribution in [3.8, 4) is 10.6 Å². The average Bonchev–Trinajstić information content (AvgIpc) is 3.49. The van der Waals surface area contributed by atoms with Gasteiger partial charge in [0.05, 0.1) is 16.6 Å². The normalized spacial score (nSPS) is 11.6. The number of para-hydroxylation sites is 1. The van der Waals surface area contributed by atoms with Crippen molar-refractivity contribution in [1.82, 2.24) is 19.4 Å². The third kappa shape index (κ3) is 5.26. The van der Waals surface area contributed by atoms with Gasteiger partial charge in [0.1, 0.15) is 5.01 Å². The van der Waals surface area contributed by atoms with Gasteiger partial charge in [0.2, 0.25) is 0 Å². The maximum atomic E-state index is 13.2. The molecule has 1 aromatic carbocycles. The van der Waals surface area contributed by atoms with Crippen LogP contribution in [-0.2, 0) is 12.3 Å². The fraction of sp³-hybridized carbons (Fsp3) is 0.348. The quantitative estimate of drug-likeness (QED) is 0.223. The maximum Gasteiger partial charge on any atom is 0.262 e. The number of hydrogen-bond acceptors (Lipinski definition) is 7. The summed E-state index contributed by atoms with van der Waals surface area (Å²) < 4.78 is 1.85. The molecule has 31 heavy (non-hydrogen) atoms. The van der Waals surface area contributed by atoms with Crippen LogP contribution in [0.2, 0.25) is 0 Å². The minimum Gasteiger partial charge on any atom is -0.304 e. The minimum atomic E-state index is 0.0462. The summed E-state index contributed by atoms with van der Waals surface area (Å²) in [6.45, 7) is 8.05.